The Hall–Kier alpha value is -2.12. The maximum atomic E-state index is 11.2. The number of ether oxygens (including phenoxy) is 1. The zero-order valence-corrected chi connectivity index (χ0v) is 10.7. The molecule has 0 bridgehead atoms. The van der Waals surface area contributed by atoms with Crippen LogP contribution in [0.4, 0.5) is 0 Å². The summed E-state index contributed by atoms with van der Waals surface area (Å²) in [7, 11) is 0. The molecular formula is C11H12ClN5O2. The van der Waals surface area contributed by atoms with Crippen LogP contribution >= 0.6 is 11.6 Å². The van der Waals surface area contributed by atoms with Crippen LogP contribution < -0.4 is 16.0 Å². The number of hydrogen-bond donors (Lipinski definition) is 2. The number of aromatic nitrogens is 3. The molecule has 0 fully saturated rings. The standard InChI is InChI=1S/C11H12ClN5O2/c12-8-3-1-2-4-10(8)19-6-5-17-7-9(15-16-17)11(18)14-13/h1-4,7H,5-6,13H2,(H,14,18). The smallest absolute Gasteiger partial charge is 0.287 e. The maximum Gasteiger partial charge on any atom is 0.287 e. The zero-order chi connectivity index (χ0) is 13.7. The Morgan fingerprint density at radius 3 is 3.00 bits per heavy atom. The Kier molecular flexibility index (Phi) is 4.32. The molecule has 3 N–H and O–H groups in total. The molecule has 0 saturated carbocycles. The topological polar surface area (TPSA) is 95.1 Å². The van der Waals surface area contributed by atoms with E-state index < -0.39 is 5.91 Å². The second-order valence-electron chi connectivity index (χ2n) is 3.62. The number of benzene rings is 1. The van der Waals surface area contributed by atoms with Crippen LogP contribution in [0.5, 0.6) is 5.75 Å². The van der Waals surface area contributed by atoms with Crippen LogP contribution in [0.15, 0.2) is 30.5 Å². The minimum absolute atomic E-state index is 0.153. The summed E-state index contributed by atoms with van der Waals surface area (Å²) in [6, 6.07) is 7.18. The van der Waals surface area contributed by atoms with Crippen LogP contribution in [0.25, 0.3) is 0 Å². The Bertz CT molecular complexity index is 572. The number of nitrogens with one attached hydrogen (secondary N) is 1. The van der Waals surface area contributed by atoms with Crippen LogP contribution in [0.3, 0.4) is 0 Å². The van der Waals surface area contributed by atoms with E-state index in [0.717, 1.165) is 0 Å². The zero-order valence-electron chi connectivity index (χ0n) is 9.91. The van der Waals surface area contributed by atoms with Gasteiger partial charge in [0.25, 0.3) is 5.91 Å². The molecule has 100 valence electrons. The lowest BCUT2D eigenvalue weighted by molar-refractivity contribution is 0.0948. The molecule has 0 aliphatic rings. The maximum absolute atomic E-state index is 11.2. The largest absolute Gasteiger partial charge is 0.490 e. The van der Waals surface area contributed by atoms with Gasteiger partial charge in [-0.1, -0.05) is 28.9 Å². The van der Waals surface area contributed by atoms with Crippen molar-refractivity contribution in [2.45, 2.75) is 6.54 Å². The monoisotopic (exact) mass is 281 g/mol. The highest BCUT2D eigenvalue weighted by Crippen LogP contribution is 2.22. The highest BCUT2D eigenvalue weighted by molar-refractivity contribution is 6.32. The number of nitrogen functional groups attached to an aromatic ring is 1. The van der Waals surface area contributed by atoms with Crippen molar-refractivity contribution in [2.24, 2.45) is 5.84 Å². The van der Waals surface area contributed by atoms with Crippen LogP contribution in [0, 0.1) is 0 Å². The molecule has 0 unspecified atom stereocenters. The molecular weight excluding hydrogens is 270 g/mol. The fourth-order valence-electron chi connectivity index (χ4n) is 1.40. The molecule has 2 rings (SSSR count). The third kappa shape index (κ3) is 3.43. The summed E-state index contributed by atoms with van der Waals surface area (Å²) < 4.78 is 6.98. The second-order valence-corrected chi connectivity index (χ2v) is 4.03. The van der Waals surface area contributed by atoms with E-state index in [4.69, 9.17) is 22.2 Å². The fourth-order valence-corrected chi connectivity index (χ4v) is 1.59. The third-order valence-electron chi connectivity index (χ3n) is 2.32. The van der Waals surface area contributed by atoms with E-state index in [2.05, 4.69) is 10.3 Å². The molecule has 7 nitrogen and oxygen atoms in total. The predicted octanol–water partition coefficient (Wildman–Crippen LogP) is 0.614. The van der Waals surface area contributed by atoms with Gasteiger partial charge in [-0.25, -0.2) is 10.5 Å². The summed E-state index contributed by atoms with van der Waals surface area (Å²) in [6.45, 7) is 0.798. The number of amides is 1. The number of hydrogen-bond acceptors (Lipinski definition) is 5. The number of carbonyl (C=O) groups is 1. The van der Waals surface area contributed by atoms with Crippen LogP contribution in [0.1, 0.15) is 10.5 Å². The van der Waals surface area contributed by atoms with Crippen molar-refractivity contribution in [1.29, 1.82) is 0 Å². The highest BCUT2D eigenvalue weighted by atomic mass is 35.5. The lowest BCUT2D eigenvalue weighted by Gasteiger charge is -2.06. The summed E-state index contributed by atoms with van der Waals surface area (Å²) in [5.41, 5.74) is 2.13. The number of carbonyl (C=O) groups excluding carboxylic acids is 1. The van der Waals surface area contributed by atoms with E-state index in [-0.39, 0.29) is 5.69 Å². The average molecular weight is 282 g/mol. The fraction of sp³-hybridized carbons (Fsp3) is 0.182. The number of nitrogens with two attached hydrogens (primary N) is 1. The number of hydrazine groups is 1. The summed E-state index contributed by atoms with van der Waals surface area (Å²) in [6.07, 6.45) is 1.48. The Balaban J connectivity index is 1.88. The van der Waals surface area contributed by atoms with Gasteiger partial charge in [-0.2, -0.15) is 0 Å². The third-order valence-corrected chi connectivity index (χ3v) is 2.63. The minimum atomic E-state index is -0.488. The molecule has 0 aliphatic carbocycles. The molecule has 0 aliphatic heterocycles. The molecule has 0 spiro atoms. The Labute approximate surface area is 114 Å². The van der Waals surface area contributed by atoms with Gasteiger partial charge in [0.05, 0.1) is 17.8 Å². The molecule has 19 heavy (non-hydrogen) atoms. The van der Waals surface area contributed by atoms with Gasteiger partial charge in [0.1, 0.15) is 12.4 Å². The molecule has 8 heteroatoms. The first-order valence-electron chi connectivity index (χ1n) is 5.49. The number of nitrogens with zero attached hydrogens (tertiary/aromatic N) is 3. The molecule has 2 aromatic rings. The second kappa shape index (κ2) is 6.17. The molecule has 1 aromatic heterocycles. The summed E-state index contributed by atoms with van der Waals surface area (Å²) >= 11 is 5.94. The average Bonchev–Trinajstić information content (AvgIpc) is 2.89. The lowest BCUT2D eigenvalue weighted by Crippen LogP contribution is -2.30. The summed E-state index contributed by atoms with van der Waals surface area (Å²) in [4.78, 5) is 11.2. The van der Waals surface area contributed by atoms with Crippen molar-refractivity contribution >= 4 is 17.5 Å². The Morgan fingerprint density at radius 2 is 2.26 bits per heavy atom. The van der Waals surface area contributed by atoms with E-state index in [9.17, 15) is 4.79 Å². The van der Waals surface area contributed by atoms with Gasteiger partial charge in [0.2, 0.25) is 0 Å². The molecule has 1 amide bonds. The van der Waals surface area contributed by atoms with Crippen LogP contribution in [-0.2, 0) is 6.54 Å². The van der Waals surface area contributed by atoms with Crippen molar-refractivity contribution in [2.75, 3.05) is 6.61 Å². The van der Waals surface area contributed by atoms with Crippen molar-refractivity contribution in [1.82, 2.24) is 20.4 Å². The van der Waals surface area contributed by atoms with Crippen molar-refractivity contribution < 1.29 is 9.53 Å². The normalized spacial score (nSPS) is 10.2. The Morgan fingerprint density at radius 1 is 1.47 bits per heavy atom. The van der Waals surface area contributed by atoms with E-state index >= 15 is 0 Å². The lowest BCUT2D eigenvalue weighted by atomic mass is 10.3. The van der Waals surface area contributed by atoms with Gasteiger partial charge in [-0.3, -0.25) is 10.2 Å². The predicted molar refractivity (Wildman–Crippen MR) is 68.6 cm³/mol. The first kappa shape index (κ1) is 13.3. The summed E-state index contributed by atoms with van der Waals surface area (Å²) in [5.74, 6) is 5.10. The first-order chi connectivity index (χ1) is 9.20. The van der Waals surface area contributed by atoms with Gasteiger partial charge in [0.15, 0.2) is 5.69 Å². The SMILES string of the molecule is NNC(=O)c1cn(CCOc2ccccc2Cl)nn1. The van der Waals surface area contributed by atoms with Gasteiger partial charge >= 0.3 is 0 Å². The molecule has 0 radical (unpaired) electrons. The van der Waals surface area contributed by atoms with E-state index in [1.165, 1.54) is 10.9 Å². The molecule has 1 heterocycles. The van der Waals surface area contributed by atoms with Crippen molar-refractivity contribution in [3.8, 4) is 5.75 Å². The van der Waals surface area contributed by atoms with Crippen molar-refractivity contribution in [3.05, 3.63) is 41.2 Å². The molecule has 0 saturated heterocycles. The van der Waals surface area contributed by atoms with E-state index in [0.29, 0.717) is 23.9 Å². The summed E-state index contributed by atoms with van der Waals surface area (Å²) in [5, 5.41) is 7.99. The van der Waals surface area contributed by atoms with E-state index in [1.807, 2.05) is 17.6 Å². The number of rotatable bonds is 5. The van der Waals surface area contributed by atoms with Gasteiger partial charge < -0.3 is 4.74 Å². The minimum Gasteiger partial charge on any atom is -0.490 e. The number of para-hydroxylation sites is 1. The van der Waals surface area contributed by atoms with Crippen molar-refractivity contribution in [3.63, 3.8) is 0 Å². The van der Waals surface area contributed by atoms with Crippen LogP contribution in [-0.4, -0.2) is 27.5 Å². The molecule has 1 aromatic carbocycles. The first-order valence-corrected chi connectivity index (χ1v) is 5.87. The molecule has 0 atom stereocenters. The van der Waals surface area contributed by atoms with Crippen LogP contribution in [0.2, 0.25) is 5.02 Å². The van der Waals surface area contributed by atoms with E-state index in [1.54, 1.807) is 12.1 Å². The van der Waals surface area contributed by atoms with Gasteiger partial charge in [-0.05, 0) is 12.1 Å². The van der Waals surface area contributed by atoms with Gasteiger partial charge in [0, 0.05) is 0 Å². The highest BCUT2D eigenvalue weighted by Gasteiger charge is 2.08. The van der Waals surface area contributed by atoms with Gasteiger partial charge in [-0.15, -0.1) is 5.10 Å². The quantitative estimate of drug-likeness (QED) is 0.476. The number of halogens is 1.